The van der Waals surface area contributed by atoms with Crippen LogP contribution in [-0.2, 0) is 4.79 Å². The van der Waals surface area contributed by atoms with Crippen LogP contribution in [0.5, 0.6) is 0 Å². The van der Waals surface area contributed by atoms with Crippen molar-refractivity contribution in [3.8, 4) is 0 Å². The van der Waals surface area contributed by atoms with E-state index in [1.165, 1.54) is 12.1 Å². The van der Waals surface area contributed by atoms with Gasteiger partial charge in [0, 0.05) is 46.0 Å². The highest BCUT2D eigenvalue weighted by Gasteiger charge is 2.28. The summed E-state index contributed by atoms with van der Waals surface area (Å²) in [7, 11) is 3.86. The zero-order valence-electron chi connectivity index (χ0n) is 17.6. The minimum atomic E-state index is -0.393. The molecule has 8 heteroatoms. The Morgan fingerprint density at radius 2 is 1.70 bits per heavy atom. The van der Waals surface area contributed by atoms with Crippen molar-refractivity contribution in [3.05, 3.63) is 54.3 Å². The maximum atomic E-state index is 13.3. The normalized spacial score (nSPS) is 15.4. The molecule has 0 radical (unpaired) electrons. The van der Waals surface area contributed by atoms with Crippen molar-refractivity contribution in [2.45, 2.75) is 13.0 Å². The van der Waals surface area contributed by atoms with Crippen LogP contribution in [-0.4, -0.2) is 68.1 Å². The largest absolute Gasteiger partial charge is 0.376 e. The van der Waals surface area contributed by atoms with Gasteiger partial charge in [-0.2, -0.15) is 0 Å². The molecule has 1 aliphatic heterocycles. The molecule has 1 heterocycles. The predicted molar refractivity (Wildman–Crippen MR) is 117 cm³/mol. The molecular formula is C22H28FN5O2. The Morgan fingerprint density at radius 1 is 1.00 bits per heavy atom. The van der Waals surface area contributed by atoms with E-state index in [4.69, 9.17) is 0 Å². The van der Waals surface area contributed by atoms with Crippen molar-refractivity contribution in [2.24, 2.45) is 0 Å². The molecule has 1 saturated heterocycles. The molecule has 0 bridgehead atoms. The van der Waals surface area contributed by atoms with E-state index >= 15 is 0 Å². The van der Waals surface area contributed by atoms with Gasteiger partial charge in [-0.05, 0) is 37.3 Å². The molecule has 1 aliphatic rings. The molecule has 160 valence electrons. The van der Waals surface area contributed by atoms with Crippen LogP contribution in [0, 0.1) is 5.82 Å². The van der Waals surface area contributed by atoms with Gasteiger partial charge in [-0.25, -0.2) is 9.18 Å². The Morgan fingerprint density at radius 3 is 2.37 bits per heavy atom. The number of anilines is 3. The molecule has 30 heavy (non-hydrogen) atoms. The van der Waals surface area contributed by atoms with Gasteiger partial charge in [-0.3, -0.25) is 9.69 Å². The molecule has 2 N–H and O–H groups in total. The summed E-state index contributed by atoms with van der Waals surface area (Å²) in [6.07, 6.45) is 0. The standard InChI is InChI=1S/C22H28FN5O2/c1-16(21(29)24-18-8-6-7-17(23)15-18)27-11-13-28(14-12-27)22(30)25-19-9-4-5-10-20(19)26(2)3/h4-10,15-16H,11-14H2,1-3H3,(H,24,29)(H,25,30). The molecule has 7 nitrogen and oxygen atoms in total. The highest BCUT2D eigenvalue weighted by Crippen LogP contribution is 2.24. The highest BCUT2D eigenvalue weighted by atomic mass is 19.1. The summed E-state index contributed by atoms with van der Waals surface area (Å²) in [6.45, 7) is 4.03. The second-order valence-electron chi connectivity index (χ2n) is 7.54. The lowest BCUT2D eigenvalue weighted by Gasteiger charge is -2.37. The minimum absolute atomic E-state index is 0.152. The van der Waals surface area contributed by atoms with Gasteiger partial charge in [0.2, 0.25) is 5.91 Å². The maximum Gasteiger partial charge on any atom is 0.321 e. The zero-order chi connectivity index (χ0) is 21.7. The number of hydrogen-bond donors (Lipinski definition) is 2. The van der Waals surface area contributed by atoms with Gasteiger partial charge >= 0.3 is 6.03 Å². The third kappa shape index (κ3) is 5.27. The quantitative estimate of drug-likeness (QED) is 0.791. The number of piperazine rings is 1. The molecule has 1 unspecified atom stereocenters. The van der Waals surface area contributed by atoms with E-state index in [-0.39, 0.29) is 18.0 Å². The monoisotopic (exact) mass is 413 g/mol. The fourth-order valence-corrected chi connectivity index (χ4v) is 3.45. The van der Waals surface area contributed by atoms with E-state index in [1.807, 2.05) is 55.1 Å². The number of carbonyl (C=O) groups is 2. The molecular weight excluding hydrogens is 385 g/mol. The smallest absolute Gasteiger partial charge is 0.321 e. The number of rotatable bonds is 5. The van der Waals surface area contributed by atoms with E-state index in [0.717, 1.165) is 11.4 Å². The van der Waals surface area contributed by atoms with Crippen LogP contribution in [0.15, 0.2) is 48.5 Å². The first-order valence-corrected chi connectivity index (χ1v) is 9.98. The summed E-state index contributed by atoms with van der Waals surface area (Å²) in [5.74, 6) is -0.589. The number of benzene rings is 2. The molecule has 0 spiro atoms. The van der Waals surface area contributed by atoms with Crippen molar-refractivity contribution >= 4 is 29.0 Å². The van der Waals surface area contributed by atoms with Gasteiger partial charge in [0.25, 0.3) is 0 Å². The fraction of sp³-hybridized carbons (Fsp3) is 0.364. The van der Waals surface area contributed by atoms with Crippen LogP contribution < -0.4 is 15.5 Å². The SMILES string of the molecule is CC(C(=O)Nc1cccc(F)c1)N1CCN(C(=O)Nc2ccccc2N(C)C)CC1. The first kappa shape index (κ1) is 21.6. The first-order valence-electron chi connectivity index (χ1n) is 9.98. The molecule has 2 aromatic carbocycles. The predicted octanol–water partition coefficient (Wildman–Crippen LogP) is 3.07. The van der Waals surface area contributed by atoms with Gasteiger partial charge in [0.05, 0.1) is 17.4 Å². The number of para-hydroxylation sites is 2. The van der Waals surface area contributed by atoms with Crippen molar-refractivity contribution in [1.82, 2.24) is 9.80 Å². The lowest BCUT2D eigenvalue weighted by molar-refractivity contribution is -0.121. The summed E-state index contributed by atoms with van der Waals surface area (Å²) >= 11 is 0. The van der Waals surface area contributed by atoms with Crippen LogP contribution in [0.25, 0.3) is 0 Å². The van der Waals surface area contributed by atoms with E-state index in [0.29, 0.717) is 31.9 Å². The van der Waals surface area contributed by atoms with Crippen LogP contribution in [0.1, 0.15) is 6.92 Å². The van der Waals surface area contributed by atoms with E-state index in [2.05, 4.69) is 10.6 Å². The summed E-state index contributed by atoms with van der Waals surface area (Å²) < 4.78 is 13.3. The molecule has 0 aromatic heterocycles. The van der Waals surface area contributed by atoms with Crippen molar-refractivity contribution in [2.75, 3.05) is 55.8 Å². The molecule has 3 amide bonds. The Bertz CT molecular complexity index is 897. The fourth-order valence-electron chi connectivity index (χ4n) is 3.45. The van der Waals surface area contributed by atoms with Gasteiger partial charge < -0.3 is 20.4 Å². The van der Waals surface area contributed by atoms with Gasteiger partial charge in [-0.15, -0.1) is 0 Å². The number of nitrogens with one attached hydrogen (secondary N) is 2. The van der Waals surface area contributed by atoms with Gasteiger partial charge in [0.15, 0.2) is 0 Å². The maximum absolute atomic E-state index is 13.3. The van der Waals surface area contributed by atoms with Gasteiger partial charge in [0.1, 0.15) is 5.82 Å². The molecule has 2 aromatic rings. The van der Waals surface area contributed by atoms with Crippen molar-refractivity contribution in [3.63, 3.8) is 0 Å². The van der Waals surface area contributed by atoms with Crippen molar-refractivity contribution in [1.29, 1.82) is 0 Å². The van der Waals surface area contributed by atoms with E-state index in [9.17, 15) is 14.0 Å². The molecule has 3 rings (SSSR count). The summed E-state index contributed by atoms with van der Waals surface area (Å²) in [5.41, 5.74) is 2.13. The third-order valence-electron chi connectivity index (χ3n) is 5.25. The van der Waals surface area contributed by atoms with Crippen LogP contribution >= 0.6 is 0 Å². The van der Waals surface area contributed by atoms with E-state index in [1.54, 1.807) is 17.0 Å². The number of halogens is 1. The Labute approximate surface area is 176 Å². The lowest BCUT2D eigenvalue weighted by atomic mass is 10.2. The summed E-state index contributed by atoms with van der Waals surface area (Å²) in [5, 5.41) is 5.72. The topological polar surface area (TPSA) is 67.9 Å². The minimum Gasteiger partial charge on any atom is -0.376 e. The molecule has 1 fully saturated rings. The third-order valence-corrected chi connectivity index (χ3v) is 5.25. The van der Waals surface area contributed by atoms with Crippen LogP contribution in [0.3, 0.4) is 0 Å². The molecule has 0 aliphatic carbocycles. The van der Waals surface area contributed by atoms with Crippen LogP contribution in [0.4, 0.5) is 26.2 Å². The second-order valence-corrected chi connectivity index (χ2v) is 7.54. The zero-order valence-corrected chi connectivity index (χ0v) is 17.6. The summed E-state index contributed by atoms with van der Waals surface area (Å²) in [6, 6.07) is 12.9. The second kappa shape index (κ2) is 9.58. The lowest BCUT2D eigenvalue weighted by Crippen LogP contribution is -2.54. The number of hydrogen-bond acceptors (Lipinski definition) is 4. The van der Waals surface area contributed by atoms with E-state index < -0.39 is 5.82 Å². The molecule has 1 atom stereocenters. The van der Waals surface area contributed by atoms with Crippen molar-refractivity contribution < 1.29 is 14.0 Å². The Hall–Kier alpha value is -3.13. The summed E-state index contributed by atoms with van der Waals surface area (Å²) in [4.78, 5) is 30.9. The van der Waals surface area contributed by atoms with Crippen LogP contribution in [0.2, 0.25) is 0 Å². The number of nitrogens with zero attached hydrogens (tertiary/aromatic N) is 3. The Kier molecular flexibility index (Phi) is 6.89. The van der Waals surface area contributed by atoms with Gasteiger partial charge in [-0.1, -0.05) is 18.2 Å². The highest BCUT2D eigenvalue weighted by molar-refractivity contribution is 5.95. The number of carbonyl (C=O) groups excluding carboxylic acids is 2. The Balaban J connectivity index is 1.52. The molecule has 0 saturated carbocycles. The average molecular weight is 413 g/mol. The average Bonchev–Trinajstić information content (AvgIpc) is 2.73. The first-order chi connectivity index (χ1) is 14.3. The number of urea groups is 1. The number of amides is 3.